The fraction of sp³-hybridized carbons (Fsp3) is 0.538. The fourth-order valence-corrected chi connectivity index (χ4v) is 1.91. The second kappa shape index (κ2) is 7.91. The summed E-state index contributed by atoms with van der Waals surface area (Å²) in [5.41, 5.74) is 0.614. The minimum Gasteiger partial charge on any atom is -0.313 e. The zero-order chi connectivity index (χ0) is 12.7. The first-order chi connectivity index (χ1) is 8.15. The van der Waals surface area contributed by atoms with Crippen LogP contribution in [0.1, 0.15) is 25.3 Å². The Labute approximate surface area is 112 Å². The van der Waals surface area contributed by atoms with Crippen LogP contribution >= 0.6 is 23.2 Å². The normalized spacial score (nSPS) is 12.7. The van der Waals surface area contributed by atoms with Crippen molar-refractivity contribution in [1.29, 1.82) is 0 Å². The molecule has 0 aliphatic heterocycles. The SMILES string of the molecule is CC(CCl)CCCNCc1cccc(Cl)c1F. The van der Waals surface area contributed by atoms with Crippen LogP contribution in [0.4, 0.5) is 4.39 Å². The van der Waals surface area contributed by atoms with Gasteiger partial charge in [0.25, 0.3) is 0 Å². The lowest BCUT2D eigenvalue weighted by Gasteiger charge is -2.09. The van der Waals surface area contributed by atoms with E-state index in [4.69, 9.17) is 23.2 Å². The van der Waals surface area contributed by atoms with Crippen LogP contribution in [0.3, 0.4) is 0 Å². The standard InChI is InChI=1S/C13H18Cl2FN/c1-10(8-14)4-3-7-17-9-11-5-2-6-12(15)13(11)16/h2,5-6,10,17H,3-4,7-9H2,1H3. The zero-order valence-electron chi connectivity index (χ0n) is 9.98. The van der Waals surface area contributed by atoms with Crippen molar-refractivity contribution in [2.45, 2.75) is 26.3 Å². The van der Waals surface area contributed by atoms with Crippen molar-refractivity contribution in [3.63, 3.8) is 0 Å². The zero-order valence-corrected chi connectivity index (χ0v) is 11.5. The molecule has 0 radical (unpaired) electrons. The second-order valence-electron chi connectivity index (χ2n) is 4.29. The van der Waals surface area contributed by atoms with E-state index in [1.165, 1.54) is 0 Å². The maximum Gasteiger partial charge on any atom is 0.146 e. The number of hydrogen-bond acceptors (Lipinski definition) is 1. The van der Waals surface area contributed by atoms with Crippen LogP contribution in [0, 0.1) is 11.7 Å². The quantitative estimate of drug-likeness (QED) is 0.581. The Kier molecular flexibility index (Phi) is 6.86. The molecule has 0 aromatic heterocycles. The molecular weight excluding hydrogens is 260 g/mol. The lowest BCUT2D eigenvalue weighted by atomic mass is 10.1. The topological polar surface area (TPSA) is 12.0 Å². The molecule has 0 bridgehead atoms. The van der Waals surface area contributed by atoms with E-state index < -0.39 is 0 Å². The highest BCUT2D eigenvalue weighted by Gasteiger charge is 2.05. The van der Waals surface area contributed by atoms with Gasteiger partial charge in [-0.05, 0) is 31.4 Å². The molecule has 0 saturated carbocycles. The molecule has 0 heterocycles. The summed E-state index contributed by atoms with van der Waals surface area (Å²) in [6, 6.07) is 5.07. The third-order valence-corrected chi connectivity index (χ3v) is 3.48. The predicted molar refractivity (Wildman–Crippen MR) is 72.2 cm³/mol. The maximum absolute atomic E-state index is 13.5. The Morgan fingerprint density at radius 3 is 2.88 bits per heavy atom. The molecule has 1 atom stereocenters. The molecule has 0 aliphatic rings. The Morgan fingerprint density at radius 1 is 1.41 bits per heavy atom. The number of nitrogens with one attached hydrogen (secondary N) is 1. The van der Waals surface area contributed by atoms with E-state index in [0.717, 1.165) is 19.4 Å². The fourth-order valence-electron chi connectivity index (χ4n) is 1.56. The van der Waals surface area contributed by atoms with Crippen molar-refractivity contribution in [2.24, 2.45) is 5.92 Å². The molecule has 0 amide bonds. The minimum absolute atomic E-state index is 0.181. The first-order valence-electron chi connectivity index (χ1n) is 5.84. The lowest BCUT2D eigenvalue weighted by Crippen LogP contribution is -2.16. The van der Waals surface area contributed by atoms with Gasteiger partial charge >= 0.3 is 0 Å². The highest BCUT2D eigenvalue weighted by atomic mass is 35.5. The minimum atomic E-state index is -0.323. The number of rotatable bonds is 7. The van der Waals surface area contributed by atoms with E-state index in [1.807, 2.05) is 0 Å². The van der Waals surface area contributed by atoms with Crippen molar-refractivity contribution < 1.29 is 4.39 Å². The number of halogens is 3. The summed E-state index contributed by atoms with van der Waals surface area (Å²) in [6.07, 6.45) is 2.14. The Balaban J connectivity index is 2.25. The van der Waals surface area contributed by atoms with Gasteiger partial charge in [0.05, 0.1) is 5.02 Å². The maximum atomic E-state index is 13.5. The molecule has 0 fully saturated rings. The van der Waals surface area contributed by atoms with Gasteiger partial charge in [-0.25, -0.2) is 4.39 Å². The van der Waals surface area contributed by atoms with Crippen LogP contribution < -0.4 is 5.32 Å². The van der Waals surface area contributed by atoms with Crippen LogP contribution in [-0.4, -0.2) is 12.4 Å². The van der Waals surface area contributed by atoms with Gasteiger partial charge < -0.3 is 5.32 Å². The van der Waals surface area contributed by atoms with Gasteiger partial charge in [0.15, 0.2) is 0 Å². The molecule has 1 rings (SSSR count). The molecule has 1 aromatic carbocycles. The van der Waals surface area contributed by atoms with Gasteiger partial charge in [-0.15, -0.1) is 11.6 Å². The Bertz CT molecular complexity index is 344. The molecule has 17 heavy (non-hydrogen) atoms. The first-order valence-corrected chi connectivity index (χ1v) is 6.76. The van der Waals surface area contributed by atoms with Gasteiger partial charge in [-0.2, -0.15) is 0 Å². The van der Waals surface area contributed by atoms with E-state index >= 15 is 0 Å². The van der Waals surface area contributed by atoms with Crippen molar-refractivity contribution in [3.05, 3.63) is 34.6 Å². The summed E-state index contributed by atoms with van der Waals surface area (Å²) in [5, 5.41) is 3.39. The summed E-state index contributed by atoms with van der Waals surface area (Å²) in [5.74, 6) is 0.917. The molecule has 4 heteroatoms. The third-order valence-electron chi connectivity index (χ3n) is 2.66. The summed E-state index contributed by atoms with van der Waals surface area (Å²) < 4.78 is 13.5. The van der Waals surface area contributed by atoms with Crippen molar-refractivity contribution in [2.75, 3.05) is 12.4 Å². The highest BCUT2D eigenvalue weighted by Crippen LogP contribution is 2.17. The summed E-state index contributed by atoms with van der Waals surface area (Å²) in [6.45, 7) is 3.51. The lowest BCUT2D eigenvalue weighted by molar-refractivity contribution is 0.524. The smallest absolute Gasteiger partial charge is 0.146 e. The van der Waals surface area contributed by atoms with Gasteiger partial charge in [-0.1, -0.05) is 30.7 Å². The molecule has 96 valence electrons. The van der Waals surface area contributed by atoms with Gasteiger partial charge in [0, 0.05) is 18.0 Å². The number of alkyl halides is 1. The summed E-state index contributed by atoms with van der Waals surface area (Å²) >= 11 is 11.4. The summed E-state index contributed by atoms with van der Waals surface area (Å²) in [4.78, 5) is 0. The molecular formula is C13H18Cl2FN. The molecule has 0 aliphatic carbocycles. The van der Waals surface area contributed by atoms with E-state index in [-0.39, 0.29) is 10.8 Å². The number of hydrogen-bond donors (Lipinski definition) is 1. The molecule has 0 saturated heterocycles. The van der Waals surface area contributed by atoms with E-state index in [9.17, 15) is 4.39 Å². The van der Waals surface area contributed by atoms with Crippen LogP contribution in [0.15, 0.2) is 18.2 Å². The molecule has 1 N–H and O–H groups in total. The third kappa shape index (κ3) is 5.24. The highest BCUT2D eigenvalue weighted by molar-refractivity contribution is 6.30. The van der Waals surface area contributed by atoms with Crippen molar-refractivity contribution >= 4 is 23.2 Å². The molecule has 0 spiro atoms. The second-order valence-corrected chi connectivity index (χ2v) is 5.01. The summed E-state index contributed by atoms with van der Waals surface area (Å²) in [7, 11) is 0. The Hall–Kier alpha value is -0.310. The van der Waals surface area contributed by atoms with Crippen LogP contribution in [-0.2, 0) is 6.54 Å². The van der Waals surface area contributed by atoms with Crippen LogP contribution in [0.2, 0.25) is 5.02 Å². The predicted octanol–water partition coefficient (Wildman–Crippen LogP) is 4.22. The van der Waals surface area contributed by atoms with E-state index in [2.05, 4.69) is 12.2 Å². The van der Waals surface area contributed by atoms with Crippen molar-refractivity contribution in [3.8, 4) is 0 Å². The van der Waals surface area contributed by atoms with Gasteiger partial charge in [0.1, 0.15) is 5.82 Å². The van der Waals surface area contributed by atoms with E-state index in [0.29, 0.717) is 23.9 Å². The largest absolute Gasteiger partial charge is 0.313 e. The van der Waals surface area contributed by atoms with Crippen LogP contribution in [0.5, 0.6) is 0 Å². The molecule has 1 aromatic rings. The van der Waals surface area contributed by atoms with Crippen molar-refractivity contribution in [1.82, 2.24) is 5.32 Å². The monoisotopic (exact) mass is 277 g/mol. The molecule has 1 nitrogen and oxygen atoms in total. The van der Waals surface area contributed by atoms with Crippen LogP contribution in [0.25, 0.3) is 0 Å². The first kappa shape index (κ1) is 14.7. The average Bonchev–Trinajstić information content (AvgIpc) is 2.33. The Morgan fingerprint density at radius 2 is 2.18 bits per heavy atom. The average molecular weight is 278 g/mol. The molecule has 1 unspecified atom stereocenters. The van der Waals surface area contributed by atoms with Gasteiger partial charge in [0.2, 0.25) is 0 Å². The van der Waals surface area contributed by atoms with Gasteiger partial charge in [-0.3, -0.25) is 0 Å². The number of benzene rings is 1. The van der Waals surface area contributed by atoms with E-state index in [1.54, 1.807) is 18.2 Å².